The first-order valence-corrected chi connectivity index (χ1v) is 10.00. The van der Waals surface area contributed by atoms with E-state index in [1.807, 2.05) is 26.0 Å². The third kappa shape index (κ3) is 4.67. The number of esters is 1. The molecule has 0 radical (unpaired) electrons. The van der Waals surface area contributed by atoms with Gasteiger partial charge >= 0.3 is 5.97 Å². The minimum absolute atomic E-state index is 0.161. The Morgan fingerprint density at radius 3 is 2.42 bits per heavy atom. The van der Waals surface area contributed by atoms with Crippen LogP contribution in [0.3, 0.4) is 0 Å². The fraction of sp³-hybridized carbons (Fsp3) is 0.240. The molecule has 3 rings (SSSR count). The van der Waals surface area contributed by atoms with E-state index in [1.54, 1.807) is 49.0 Å². The molecule has 0 aliphatic heterocycles. The smallest absolute Gasteiger partial charge is 0.358 e. The molecule has 6 heteroatoms. The van der Waals surface area contributed by atoms with Gasteiger partial charge in [0, 0.05) is 18.2 Å². The van der Waals surface area contributed by atoms with Crippen molar-refractivity contribution in [3.8, 4) is 29.3 Å². The number of ether oxygens (including phenoxy) is 1. The molecule has 0 saturated heterocycles. The van der Waals surface area contributed by atoms with Crippen LogP contribution in [0.4, 0.5) is 0 Å². The Morgan fingerprint density at radius 2 is 1.81 bits per heavy atom. The van der Waals surface area contributed by atoms with E-state index in [0.29, 0.717) is 5.56 Å². The number of aryl methyl sites for hydroxylation is 2. The van der Waals surface area contributed by atoms with Crippen LogP contribution in [0.2, 0.25) is 0 Å². The zero-order valence-corrected chi connectivity index (χ0v) is 18.2. The normalized spacial score (nSPS) is 10.4. The van der Waals surface area contributed by atoms with Gasteiger partial charge in [0.15, 0.2) is 5.69 Å². The van der Waals surface area contributed by atoms with Crippen molar-refractivity contribution in [1.29, 1.82) is 0 Å². The van der Waals surface area contributed by atoms with Crippen LogP contribution in [-0.2, 0) is 4.74 Å². The largest absolute Gasteiger partial charge is 0.461 e. The van der Waals surface area contributed by atoms with Crippen LogP contribution in [0.5, 0.6) is 0 Å². The molecule has 0 aliphatic rings. The molecule has 1 amide bonds. The summed E-state index contributed by atoms with van der Waals surface area (Å²) in [5.41, 5.74) is 5.48. The Morgan fingerprint density at radius 1 is 1.10 bits per heavy atom. The Bertz CT molecular complexity index is 1150. The second-order valence-electron chi connectivity index (χ2n) is 7.26. The highest BCUT2D eigenvalue weighted by Gasteiger charge is 2.18. The number of nitrogens with zero attached hydrogens (tertiary/aromatic N) is 3. The molecule has 0 spiro atoms. The third-order valence-electron chi connectivity index (χ3n) is 5.03. The van der Waals surface area contributed by atoms with Gasteiger partial charge in [0.1, 0.15) is 0 Å². The molecule has 0 N–H and O–H groups in total. The van der Waals surface area contributed by atoms with Crippen molar-refractivity contribution < 1.29 is 14.3 Å². The minimum atomic E-state index is -0.478. The Kier molecular flexibility index (Phi) is 6.56. The van der Waals surface area contributed by atoms with E-state index in [9.17, 15) is 9.59 Å². The van der Waals surface area contributed by atoms with Gasteiger partial charge in [0.05, 0.1) is 24.5 Å². The van der Waals surface area contributed by atoms with Crippen LogP contribution in [0.1, 0.15) is 38.9 Å². The summed E-state index contributed by atoms with van der Waals surface area (Å²) in [6, 6.07) is 14.9. The first kappa shape index (κ1) is 21.8. The van der Waals surface area contributed by atoms with E-state index in [0.717, 1.165) is 22.5 Å². The van der Waals surface area contributed by atoms with Gasteiger partial charge in [-0.15, -0.1) is 6.42 Å². The fourth-order valence-corrected chi connectivity index (χ4v) is 3.16. The average molecular weight is 415 g/mol. The quantitative estimate of drug-likeness (QED) is 0.450. The summed E-state index contributed by atoms with van der Waals surface area (Å²) >= 11 is 0. The third-order valence-corrected chi connectivity index (χ3v) is 5.03. The standard InChI is InChI=1S/C25H25N3O3/c1-6-14-27(5)24(29)19-10-12-21(13-11-19)28-23(16-22(26-28)25(30)31-7-2)20-9-8-17(3)18(4)15-20/h1,8-13,15-16H,7,14H2,2-5H3. The van der Waals surface area contributed by atoms with Gasteiger partial charge in [-0.05, 0) is 68.3 Å². The van der Waals surface area contributed by atoms with Crippen molar-refractivity contribution in [2.24, 2.45) is 0 Å². The lowest BCUT2D eigenvalue weighted by Crippen LogP contribution is -2.26. The van der Waals surface area contributed by atoms with Crippen molar-refractivity contribution in [1.82, 2.24) is 14.7 Å². The molecule has 0 bridgehead atoms. The summed E-state index contributed by atoms with van der Waals surface area (Å²) in [6.45, 7) is 6.35. The maximum absolute atomic E-state index is 12.5. The molecule has 3 aromatic rings. The molecule has 0 unspecified atom stereocenters. The van der Waals surface area contributed by atoms with Gasteiger partial charge in [-0.25, -0.2) is 9.48 Å². The molecule has 2 aromatic carbocycles. The van der Waals surface area contributed by atoms with Crippen molar-refractivity contribution in [3.05, 3.63) is 70.9 Å². The highest BCUT2D eigenvalue weighted by Crippen LogP contribution is 2.26. The zero-order chi connectivity index (χ0) is 22.5. The Labute approximate surface area is 182 Å². The first-order valence-electron chi connectivity index (χ1n) is 10.00. The monoisotopic (exact) mass is 415 g/mol. The van der Waals surface area contributed by atoms with Crippen molar-refractivity contribution in [2.75, 3.05) is 20.2 Å². The lowest BCUT2D eigenvalue weighted by molar-refractivity contribution is 0.0518. The Balaban J connectivity index is 2.05. The maximum Gasteiger partial charge on any atom is 0.358 e. The van der Waals surface area contributed by atoms with Crippen LogP contribution in [0, 0.1) is 26.2 Å². The number of benzene rings is 2. The number of rotatable bonds is 6. The van der Waals surface area contributed by atoms with Gasteiger partial charge in [0.25, 0.3) is 5.91 Å². The molecule has 31 heavy (non-hydrogen) atoms. The van der Waals surface area contributed by atoms with E-state index < -0.39 is 5.97 Å². The van der Waals surface area contributed by atoms with Crippen LogP contribution >= 0.6 is 0 Å². The van der Waals surface area contributed by atoms with Crippen molar-refractivity contribution in [3.63, 3.8) is 0 Å². The molecule has 0 atom stereocenters. The topological polar surface area (TPSA) is 64.4 Å². The van der Waals surface area contributed by atoms with E-state index in [-0.39, 0.29) is 24.8 Å². The second-order valence-corrected chi connectivity index (χ2v) is 7.26. The van der Waals surface area contributed by atoms with Gasteiger partial charge in [-0.3, -0.25) is 4.79 Å². The van der Waals surface area contributed by atoms with Gasteiger partial charge in [0.2, 0.25) is 0 Å². The summed E-state index contributed by atoms with van der Waals surface area (Å²) < 4.78 is 6.82. The summed E-state index contributed by atoms with van der Waals surface area (Å²) in [4.78, 5) is 26.2. The SMILES string of the molecule is C#CCN(C)C(=O)c1ccc(-n2nc(C(=O)OCC)cc2-c2ccc(C)c(C)c2)cc1. The number of amides is 1. The zero-order valence-electron chi connectivity index (χ0n) is 18.2. The van der Waals surface area contributed by atoms with Crippen LogP contribution in [0.15, 0.2) is 48.5 Å². The van der Waals surface area contributed by atoms with Crippen molar-refractivity contribution >= 4 is 11.9 Å². The van der Waals surface area contributed by atoms with E-state index in [1.165, 1.54) is 10.5 Å². The summed E-state index contributed by atoms with van der Waals surface area (Å²) in [7, 11) is 1.66. The van der Waals surface area contributed by atoms with E-state index >= 15 is 0 Å². The average Bonchev–Trinajstić information content (AvgIpc) is 3.21. The van der Waals surface area contributed by atoms with E-state index in [4.69, 9.17) is 11.2 Å². The van der Waals surface area contributed by atoms with Crippen molar-refractivity contribution in [2.45, 2.75) is 20.8 Å². The fourth-order valence-electron chi connectivity index (χ4n) is 3.16. The van der Waals surface area contributed by atoms with Crippen LogP contribution < -0.4 is 0 Å². The first-order chi connectivity index (χ1) is 14.8. The number of carbonyl (C=O) groups is 2. The molecule has 0 saturated carbocycles. The van der Waals surface area contributed by atoms with E-state index in [2.05, 4.69) is 17.1 Å². The molecule has 6 nitrogen and oxygen atoms in total. The lowest BCUT2D eigenvalue weighted by Gasteiger charge is -2.14. The molecule has 1 aromatic heterocycles. The predicted octanol–water partition coefficient (Wildman–Crippen LogP) is 4.04. The summed E-state index contributed by atoms with van der Waals surface area (Å²) in [5.74, 6) is 1.82. The number of carbonyl (C=O) groups excluding carboxylic acids is 2. The number of hydrogen-bond acceptors (Lipinski definition) is 4. The number of terminal acetylenes is 1. The van der Waals surface area contributed by atoms with Gasteiger partial charge in [-0.1, -0.05) is 18.1 Å². The minimum Gasteiger partial charge on any atom is -0.461 e. The highest BCUT2D eigenvalue weighted by atomic mass is 16.5. The molecular weight excluding hydrogens is 390 g/mol. The molecule has 158 valence electrons. The van der Waals surface area contributed by atoms with Crippen LogP contribution in [0.25, 0.3) is 16.9 Å². The van der Waals surface area contributed by atoms with Gasteiger partial charge in [-0.2, -0.15) is 5.10 Å². The highest BCUT2D eigenvalue weighted by molar-refractivity contribution is 5.94. The molecular formula is C25H25N3O3. The lowest BCUT2D eigenvalue weighted by atomic mass is 10.0. The van der Waals surface area contributed by atoms with Crippen LogP contribution in [-0.4, -0.2) is 46.8 Å². The molecule has 1 heterocycles. The maximum atomic E-state index is 12.5. The molecule has 0 aliphatic carbocycles. The second kappa shape index (κ2) is 9.31. The Hall–Kier alpha value is -3.85. The summed E-state index contributed by atoms with van der Waals surface area (Å²) in [6.07, 6.45) is 5.29. The summed E-state index contributed by atoms with van der Waals surface area (Å²) in [5, 5.41) is 4.49. The molecule has 0 fully saturated rings. The predicted molar refractivity (Wildman–Crippen MR) is 120 cm³/mol. The van der Waals surface area contributed by atoms with Gasteiger partial charge < -0.3 is 9.64 Å². The number of hydrogen-bond donors (Lipinski definition) is 0. The number of aromatic nitrogens is 2.